The van der Waals surface area contributed by atoms with E-state index in [1.165, 1.54) is 0 Å². The molecule has 3 heterocycles. The Morgan fingerprint density at radius 2 is 2.18 bits per heavy atom. The van der Waals surface area contributed by atoms with E-state index < -0.39 is 0 Å². The third-order valence-electron chi connectivity index (χ3n) is 2.56. The van der Waals surface area contributed by atoms with Gasteiger partial charge in [-0.2, -0.15) is 0 Å². The molecule has 0 unspecified atom stereocenters. The molecule has 0 aliphatic heterocycles. The molecule has 86 valence electrons. The van der Waals surface area contributed by atoms with Crippen molar-refractivity contribution < 1.29 is 0 Å². The summed E-state index contributed by atoms with van der Waals surface area (Å²) in [7, 11) is 0. The molecular formula is C11H12N6. The summed E-state index contributed by atoms with van der Waals surface area (Å²) in [5, 5.41) is 8.23. The highest BCUT2D eigenvalue weighted by molar-refractivity contribution is 5.54. The summed E-state index contributed by atoms with van der Waals surface area (Å²) in [4.78, 5) is 4.31. The fourth-order valence-electron chi connectivity index (χ4n) is 1.76. The number of rotatable bonds is 3. The first-order valence-corrected chi connectivity index (χ1v) is 5.40. The van der Waals surface area contributed by atoms with Gasteiger partial charge in [0.2, 0.25) is 0 Å². The van der Waals surface area contributed by atoms with Gasteiger partial charge in [-0.3, -0.25) is 4.40 Å². The molecule has 0 saturated carbocycles. The summed E-state index contributed by atoms with van der Waals surface area (Å²) in [6, 6.07) is 5.78. The first-order chi connectivity index (χ1) is 8.38. The number of hydrogen-bond acceptors (Lipinski definition) is 4. The van der Waals surface area contributed by atoms with Crippen molar-refractivity contribution in [1.82, 2.24) is 24.1 Å². The SMILES string of the molecule is NCCn1cnc(-c2nnc3ccccn23)c1. The fraction of sp³-hybridized carbons (Fsp3) is 0.182. The monoisotopic (exact) mass is 228 g/mol. The quantitative estimate of drug-likeness (QED) is 0.710. The van der Waals surface area contributed by atoms with Gasteiger partial charge in [-0.25, -0.2) is 4.98 Å². The maximum absolute atomic E-state index is 5.50. The number of imidazole rings is 1. The normalized spacial score (nSPS) is 11.1. The lowest BCUT2D eigenvalue weighted by Crippen LogP contribution is -2.07. The highest BCUT2D eigenvalue weighted by Crippen LogP contribution is 2.15. The zero-order chi connectivity index (χ0) is 11.7. The minimum Gasteiger partial charge on any atom is -0.335 e. The van der Waals surface area contributed by atoms with Crippen LogP contribution in [0.15, 0.2) is 36.9 Å². The average Bonchev–Trinajstić information content (AvgIpc) is 2.95. The van der Waals surface area contributed by atoms with E-state index in [1.54, 1.807) is 6.33 Å². The van der Waals surface area contributed by atoms with Gasteiger partial charge >= 0.3 is 0 Å². The van der Waals surface area contributed by atoms with E-state index in [-0.39, 0.29) is 0 Å². The minimum atomic E-state index is 0.594. The van der Waals surface area contributed by atoms with Gasteiger partial charge in [0.1, 0.15) is 5.69 Å². The Hall–Kier alpha value is -2.21. The summed E-state index contributed by atoms with van der Waals surface area (Å²) in [6.07, 6.45) is 5.61. The van der Waals surface area contributed by atoms with E-state index in [0.29, 0.717) is 6.54 Å². The second-order valence-electron chi connectivity index (χ2n) is 3.74. The molecule has 0 saturated heterocycles. The molecule has 0 atom stereocenters. The number of hydrogen-bond donors (Lipinski definition) is 1. The van der Waals surface area contributed by atoms with Gasteiger partial charge in [-0.15, -0.1) is 10.2 Å². The Labute approximate surface area is 97.7 Å². The van der Waals surface area contributed by atoms with Gasteiger partial charge in [0.25, 0.3) is 0 Å². The Bertz CT molecular complexity index is 638. The van der Waals surface area contributed by atoms with Crippen molar-refractivity contribution in [1.29, 1.82) is 0 Å². The van der Waals surface area contributed by atoms with Crippen molar-refractivity contribution in [2.75, 3.05) is 6.54 Å². The van der Waals surface area contributed by atoms with Crippen LogP contribution < -0.4 is 5.73 Å². The number of pyridine rings is 1. The Morgan fingerprint density at radius 1 is 1.24 bits per heavy atom. The predicted octanol–water partition coefficient (Wildman–Crippen LogP) is 0.551. The third-order valence-corrected chi connectivity index (χ3v) is 2.56. The lowest BCUT2D eigenvalue weighted by Gasteiger charge is -1.96. The Kier molecular flexibility index (Phi) is 2.34. The van der Waals surface area contributed by atoms with E-state index in [2.05, 4.69) is 15.2 Å². The summed E-state index contributed by atoms with van der Waals surface area (Å²) < 4.78 is 3.86. The molecule has 0 radical (unpaired) electrons. The Balaban J connectivity index is 2.07. The van der Waals surface area contributed by atoms with Crippen LogP contribution in [0.2, 0.25) is 0 Å². The lowest BCUT2D eigenvalue weighted by atomic mass is 10.4. The van der Waals surface area contributed by atoms with Gasteiger partial charge in [-0.05, 0) is 12.1 Å². The molecule has 0 bridgehead atoms. The van der Waals surface area contributed by atoms with Crippen LogP contribution in [0.3, 0.4) is 0 Å². The lowest BCUT2D eigenvalue weighted by molar-refractivity contribution is 0.708. The smallest absolute Gasteiger partial charge is 0.188 e. The molecule has 0 aliphatic rings. The van der Waals surface area contributed by atoms with Crippen LogP contribution in [0.25, 0.3) is 17.2 Å². The van der Waals surface area contributed by atoms with Gasteiger partial charge < -0.3 is 10.3 Å². The summed E-state index contributed by atoms with van der Waals surface area (Å²) in [5.74, 6) is 0.747. The predicted molar refractivity (Wildman–Crippen MR) is 63.3 cm³/mol. The second-order valence-corrected chi connectivity index (χ2v) is 3.74. The maximum atomic E-state index is 5.50. The summed E-state index contributed by atoms with van der Waals surface area (Å²) >= 11 is 0. The Morgan fingerprint density at radius 3 is 3.06 bits per heavy atom. The molecule has 0 aliphatic carbocycles. The van der Waals surface area contributed by atoms with Crippen LogP contribution >= 0.6 is 0 Å². The van der Waals surface area contributed by atoms with Crippen LogP contribution in [-0.4, -0.2) is 30.7 Å². The van der Waals surface area contributed by atoms with Crippen LogP contribution in [0, 0.1) is 0 Å². The number of fused-ring (bicyclic) bond motifs is 1. The highest BCUT2D eigenvalue weighted by atomic mass is 15.3. The van der Waals surface area contributed by atoms with Gasteiger partial charge in [0.15, 0.2) is 11.5 Å². The zero-order valence-electron chi connectivity index (χ0n) is 9.19. The molecule has 3 rings (SSSR count). The highest BCUT2D eigenvalue weighted by Gasteiger charge is 2.09. The second kappa shape index (κ2) is 3.99. The van der Waals surface area contributed by atoms with Crippen molar-refractivity contribution >= 4 is 5.65 Å². The average molecular weight is 228 g/mol. The number of aromatic nitrogens is 5. The molecular weight excluding hydrogens is 216 g/mol. The largest absolute Gasteiger partial charge is 0.335 e. The van der Waals surface area contributed by atoms with Crippen molar-refractivity contribution in [3.05, 3.63) is 36.9 Å². The first-order valence-electron chi connectivity index (χ1n) is 5.40. The van der Waals surface area contributed by atoms with Gasteiger partial charge in [0.05, 0.1) is 6.33 Å². The van der Waals surface area contributed by atoms with E-state index in [9.17, 15) is 0 Å². The fourth-order valence-corrected chi connectivity index (χ4v) is 1.76. The minimum absolute atomic E-state index is 0.594. The zero-order valence-corrected chi connectivity index (χ0v) is 9.19. The third kappa shape index (κ3) is 1.68. The van der Waals surface area contributed by atoms with Crippen molar-refractivity contribution in [2.24, 2.45) is 5.73 Å². The summed E-state index contributed by atoms with van der Waals surface area (Å²) in [6.45, 7) is 1.35. The molecule has 2 N–H and O–H groups in total. The van der Waals surface area contributed by atoms with Crippen molar-refractivity contribution in [2.45, 2.75) is 6.54 Å². The van der Waals surface area contributed by atoms with Crippen LogP contribution in [-0.2, 0) is 6.54 Å². The molecule has 3 aromatic heterocycles. The van der Waals surface area contributed by atoms with Crippen molar-refractivity contribution in [3.8, 4) is 11.5 Å². The summed E-state index contributed by atoms with van der Waals surface area (Å²) in [5.41, 5.74) is 7.12. The van der Waals surface area contributed by atoms with Crippen LogP contribution in [0.1, 0.15) is 0 Å². The van der Waals surface area contributed by atoms with Crippen LogP contribution in [0.4, 0.5) is 0 Å². The molecule has 0 fully saturated rings. The van der Waals surface area contributed by atoms with Gasteiger partial charge in [-0.1, -0.05) is 6.07 Å². The van der Waals surface area contributed by atoms with E-state index >= 15 is 0 Å². The molecule has 0 amide bonds. The van der Waals surface area contributed by atoms with E-state index in [1.807, 2.05) is 39.6 Å². The molecule has 17 heavy (non-hydrogen) atoms. The van der Waals surface area contributed by atoms with Gasteiger partial charge in [0, 0.05) is 25.5 Å². The topological polar surface area (TPSA) is 74.0 Å². The van der Waals surface area contributed by atoms with Crippen molar-refractivity contribution in [3.63, 3.8) is 0 Å². The maximum Gasteiger partial charge on any atom is 0.188 e. The molecule has 6 nitrogen and oxygen atoms in total. The molecule has 0 spiro atoms. The first kappa shape index (κ1) is 9.98. The molecule has 0 aromatic carbocycles. The van der Waals surface area contributed by atoms with E-state index in [0.717, 1.165) is 23.7 Å². The van der Waals surface area contributed by atoms with E-state index in [4.69, 9.17) is 5.73 Å². The number of nitrogens with two attached hydrogens (primary N) is 1. The number of nitrogens with zero attached hydrogens (tertiary/aromatic N) is 5. The standard InChI is InChI=1S/C11H12N6/c12-4-6-16-7-9(13-8-16)11-15-14-10-3-1-2-5-17(10)11/h1-3,5,7-8H,4,6,12H2. The van der Waals surface area contributed by atoms with Crippen LogP contribution in [0.5, 0.6) is 0 Å². The molecule has 3 aromatic rings. The molecule has 6 heteroatoms.